The third-order valence-electron chi connectivity index (χ3n) is 4.96. The number of urea groups is 1. The highest BCUT2D eigenvalue weighted by Gasteiger charge is 2.34. The van der Waals surface area contributed by atoms with Gasteiger partial charge < -0.3 is 19.9 Å². The fraction of sp³-hybridized carbons (Fsp3) is 0.474. The molecule has 0 atom stereocenters. The fourth-order valence-electron chi connectivity index (χ4n) is 3.33. The minimum absolute atomic E-state index is 0.246. The zero-order valence-corrected chi connectivity index (χ0v) is 15.3. The summed E-state index contributed by atoms with van der Waals surface area (Å²) in [5.41, 5.74) is -1.05. The summed E-state index contributed by atoms with van der Waals surface area (Å²) >= 11 is 0. The second kappa shape index (κ2) is 8.22. The number of piperidine rings is 1. The number of rotatable bonds is 5. The summed E-state index contributed by atoms with van der Waals surface area (Å²) in [5.74, 6) is 0. The van der Waals surface area contributed by atoms with E-state index in [1.165, 1.54) is 6.07 Å². The number of hydrogen-bond donors (Lipinski definition) is 2. The van der Waals surface area contributed by atoms with E-state index in [0.717, 1.165) is 12.1 Å². The van der Waals surface area contributed by atoms with Crippen molar-refractivity contribution in [2.75, 3.05) is 19.6 Å². The second-order valence-electron chi connectivity index (χ2n) is 7.13. The van der Waals surface area contributed by atoms with Gasteiger partial charge in [0.25, 0.3) is 0 Å². The average molecular weight is 396 g/mol. The summed E-state index contributed by atoms with van der Waals surface area (Å²) in [7, 11) is 0. The van der Waals surface area contributed by atoms with Crippen LogP contribution in [-0.4, -0.2) is 50.8 Å². The molecule has 2 heterocycles. The van der Waals surface area contributed by atoms with Crippen LogP contribution < -0.4 is 5.32 Å². The van der Waals surface area contributed by atoms with Gasteiger partial charge in [-0.05, 0) is 30.9 Å². The standard InChI is InChI=1S/C19H23F3N4O2/c20-19(21,22)16-3-1-2-15(12-16)4-7-24-17(27)26-9-5-18(28,6-10-26)13-25-11-8-23-14-25/h1-3,8,11-12,14,28H,4-7,9-10,13H2,(H,24,27). The fourth-order valence-corrected chi connectivity index (χ4v) is 3.33. The predicted octanol–water partition coefficient (Wildman–Crippen LogP) is 2.68. The molecule has 0 spiro atoms. The molecule has 0 aliphatic carbocycles. The maximum atomic E-state index is 12.7. The molecule has 0 bridgehead atoms. The lowest BCUT2D eigenvalue weighted by Crippen LogP contribution is -2.51. The van der Waals surface area contributed by atoms with E-state index in [1.807, 2.05) is 4.57 Å². The topological polar surface area (TPSA) is 70.4 Å². The Balaban J connectivity index is 1.44. The van der Waals surface area contributed by atoms with Crippen molar-refractivity contribution in [3.8, 4) is 0 Å². The SMILES string of the molecule is O=C(NCCc1cccc(C(F)(F)F)c1)N1CCC(O)(Cn2ccnc2)CC1. The summed E-state index contributed by atoms with van der Waals surface area (Å²) in [6, 6.07) is 4.84. The van der Waals surface area contributed by atoms with Crippen molar-refractivity contribution >= 4 is 6.03 Å². The number of aromatic nitrogens is 2. The Morgan fingerprint density at radius 3 is 2.68 bits per heavy atom. The van der Waals surface area contributed by atoms with Crippen molar-refractivity contribution in [1.29, 1.82) is 0 Å². The number of aliphatic hydroxyl groups is 1. The van der Waals surface area contributed by atoms with Crippen molar-refractivity contribution < 1.29 is 23.1 Å². The first-order valence-electron chi connectivity index (χ1n) is 9.12. The molecule has 1 aromatic heterocycles. The molecule has 0 unspecified atom stereocenters. The number of carbonyl (C=O) groups excluding carboxylic acids is 1. The highest BCUT2D eigenvalue weighted by Crippen LogP contribution is 2.29. The first-order chi connectivity index (χ1) is 13.3. The van der Waals surface area contributed by atoms with Crippen LogP contribution in [0.4, 0.5) is 18.0 Å². The van der Waals surface area contributed by atoms with Crippen LogP contribution in [0.2, 0.25) is 0 Å². The number of benzene rings is 1. The minimum atomic E-state index is -4.37. The summed E-state index contributed by atoms with van der Waals surface area (Å²) in [4.78, 5) is 17.9. The number of alkyl halides is 3. The van der Waals surface area contributed by atoms with Gasteiger partial charge in [0.05, 0.1) is 24.0 Å². The summed E-state index contributed by atoms with van der Waals surface area (Å²) in [6.45, 7) is 1.51. The van der Waals surface area contributed by atoms with Crippen LogP contribution in [0.5, 0.6) is 0 Å². The van der Waals surface area contributed by atoms with Gasteiger partial charge in [0.15, 0.2) is 0 Å². The summed E-state index contributed by atoms with van der Waals surface area (Å²) < 4.78 is 40.0. The Hall–Kier alpha value is -2.55. The van der Waals surface area contributed by atoms with E-state index in [4.69, 9.17) is 0 Å². The van der Waals surface area contributed by atoms with Crippen molar-refractivity contribution in [2.45, 2.75) is 37.6 Å². The third kappa shape index (κ3) is 5.25. The van der Waals surface area contributed by atoms with E-state index >= 15 is 0 Å². The van der Waals surface area contributed by atoms with Crippen molar-refractivity contribution in [2.24, 2.45) is 0 Å². The van der Waals surface area contributed by atoms with E-state index in [1.54, 1.807) is 29.7 Å². The zero-order valence-electron chi connectivity index (χ0n) is 15.3. The Bertz CT molecular complexity index is 785. The van der Waals surface area contributed by atoms with Gasteiger partial charge in [-0.2, -0.15) is 13.2 Å². The number of nitrogens with one attached hydrogen (secondary N) is 1. The second-order valence-corrected chi connectivity index (χ2v) is 7.13. The number of likely N-dealkylation sites (tertiary alicyclic amines) is 1. The van der Waals surface area contributed by atoms with Gasteiger partial charge in [-0.3, -0.25) is 0 Å². The van der Waals surface area contributed by atoms with Crippen LogP contribution in [-0.2, 0) is 19.1 Å². The first-order valence-corrected chi connectivity index (χ1v) is 9.12. The molecule has 3 rings (SSSR count). The van der Waals surface area contributed by atoms with E-state index < -0.39 is 17.3 Å². The zero-order chi connectivity index (χ0) is 20.2. The van der Waals surface area contributed by atoms with Gasteiger partial charge >= 0.3 is 12.2 Å². The van der Waals surface area contributed by atoms with Gasteiger partial charge in [0.1, 0.15) is 0 Å². The highest BCUT2D eigenvalue weighted by molar-refractivity contribution is 5.74. The molecule has 1 aromatic carbocycles. The quantitative estimate of drug-likeness (QED) is 0.817. The maximum absolute atomic E-state index is 12.7. The molecule has 0 saturated carbocycles. The number of halogens is 3. The number of amides is 2. The molecular weight excluding hydrogens is 373 g/mol. The molecule has 1 aliphatic heterocycles. The van der Waals surface area contributed by atoms with Gasteiger partial charge in [-0.15, -0.1) is 0 Å². The molecule has 1 saturated heterocycles. The Labute approximate surface area is 161 Å². The minimum Gasteiger partial charge on any atom is -0.388 e. The van der Waals surface area contributed by atoms with E-state index in [0.29, 0.717) is 44.5 Å². The van der Waals surface area contributed by atoms with Gasteiger partial charge in [0.2, 0.25) is 0 Å². The van der Waals surface area contributed by atoms with Crippen LogP contribution in [0.1, 0.15) is 24.0 Å². The Morgan fingerprint density at radius 1 is 1.29 bits per heavy atom. The lowest BCUT2D eigenvalue weighted by Gasteiger charge is -2.38. The Kier molecular flexibility index (Phi) is 5.93. The number of imidazole rings is 1. The number of carbonyl (C=O) groups is 1. The molecule has 2 amide bonds. The normalized spacial score (nSPS) is 16.8. The number of hydrogen-bond acceptors (Lipinski definition) is 3. The van der Waals surface area contributed by atoms with Gasteiger partial charge in [-0.25, -0.2) is 9.78 Å². The average Bonchev–Trinajstić information content (AvgIpc) is 3.14. The van der Waals surface area contributed by atoms with Gasteiger partial charge in [0, 0.05) is 32.0 Å². The smallest absolute Gasteiger partial charge is 0.388 e. The lowest BCUT2D eigenvalue weighted by atomic mass is 9.91. The van der Waals surface area contributed by atoms with Crippen molar-refractivity contribution in [3.05, 3.63) is 54.1 Å². The third-order valence-corrected chi connectivity index (χ3v) is 4.96. The van der Waals surface area contributed by atoms with Crippen LogP contribution in [0.3, 0.4) is 0 Å². The van der Waals surface area contributed by atoms with Crippen LogP contribution in [0.25, 0.3) is 0 Å². The van der Waals surface area contributed by atoms with E-state index in [2.05, 4.69) is 10.3 Å². The molecule has 1 aliphatic rings. The molecule has 2 aromatic rings. The first kappa shape index (κ1) is 20.2. The van der Waals surface area contributed by atoms with Crippen molar-refractivity contribution in [3.63, 3.8) is 0 Å². The van der Waals surface area contributed by atoms with Crippen molar-refractivity contribution in [1.82, 2.24) is 19.8 Å². The van der Waals surface area contributed by atoms with Gasteiger partial charge in [-0.1, -0.05) is 18.2 Å². The molecule has 28 heavy (non-hydrogen) atoms. The molecule has 1 fully saturated rings. The largest absolute Gasteiger partial charge is 0.416 e. The van der Waals surface area contributed by atoms with E-state index in [9.17, 15) is 23.1 Å². The molecule has 6 nitrogen and oxygen atoms in total. The molecule has 2 N–H and O–H groups in total. The molecule has 9 heteroatoms. The molecule has 0 radical (unpaired) electrons. The summed E-state index contributed by atoms with van der Waals surface area (Å²) in [6.07, 6.45) is 1.92. The molecule has 152 valence electrons. The van der Waals surface area contributed by atoms with E-state index in [-0.39, 0.29) is 12.6 Å². The molecular formula is C19H23F3N4O2. The predicted molar refractivity (Wildman–Crippen MR) is 96.5 cm³/mol. The van der Waals surface area contributed by atoms with Crippen LogP contribution in [0.15, 0.2) is 43.0 Å². The van der Waals surface area contributed by atoms with Crippen LogP contribution in [0, 0.1) is 0 Å². The highest BCUT2D eigenvalue weighted by atomic mass is 19.4. The number of nitrogens with zero attached hydrogens (tertiary/aromatic N) is 3. The summed E-state index contributed by atoms with van der Waals surface area (Å²) in [5, 5.41) is 13.4. The Morgan fingerprint density at radius 2 is 2.04 bits per heavy atom. The monoisotopic (exact) mass is 396 g/mol. The van der Waals surface area contributed by atoms with Crippen LogP contribution >= 0.6 is 0 Å². The lowest BCUT2D eigenvalue weighted by molar-refractivity contribution is -0.137. The maximum Gasteiger partial charge on any atom is 0.416 e.